The summed E-state index contributed by atoms with van der Waals surface area (Å²) in [5.41, 5.74) is 5.11. The van der Waals surface area contributed by atoms with Gasteiger partial charge in [0.1, 0.15) is 11.6 Å². The number of aryl methyl sites for hydroxylation is 1. The van der Waals surface area contributed by atoms with Crippen molar-refractivity contribution in [1.29, 1.82) is 0 Å². The number of fused-ring (bicyclic) bond motifs is 1. The van der Waals surface area contributed by atoms with E-state index < -0.39 is 0 Å². The Hall–Kier alpha value is -2.82. The molecule has 2 heterocycles. The highest BCUT2D eigenvalue weighted by molar-refractivity contribution is 5.81. The van der Waals surface area contributed by atoms with Crippen LogP contribution in [0, 0.1) is 6.92 Å². The Labute approximate surface area is 153 Å². The van der Waals surface area contributed by atoms with Crippen molar-refractivity contribution in [2.45, 2.75) is 32.7 Å². The predicted octanol–water partition coefficient (Wildman–Crippen LogP) is 4.67. The summed E-state index contributed by atoms with van der Waals surface area (Å²) in [7, 11) is 0. The Morgan fingerprint density at radius 1 is 1.27 bits per heavy atom. The van der Waals surface area contributed by atoms with Crippen LogP contribution in [0.2, 0.25) is 0 Å². The van der Waals surface area contributed by atoms with Crippen molar-refractivity contribution in [1.82, 2.24) is 15.2 Å². The van der Waals surface area contributed by atoms with Crippen LogP contribution in [0.5, 0.6) is 0 Å². The molecule has 134 valence electrons. The topological polar surface area (TPSA) is 58.4 Å². The fourth-order valence-electron chi connectivity index (χ4n) is 3.61. The maximum Gasteiger partial charge on any atom is 0.318 e. The molecule has 1 unspecified atom stereocenters. The van der Waals surface area contributed by atoms with Gasteiger partial charge in [0.2, 0.25) is 5.89 Å². The minimum Gasteiger partial charge on any atom is -0.438 e. The summed E-state index contributed by atoms with van der Waals surface area (Å²) >= 11 is 0. The minimum atomic E-state index is -0.0867. The van der Waals surface area contributed by atoms with Gasteiger partial charge in [-0.25, -0.2) is 9.78 Å². The zero-order chi connectivity index (χ0) is 18.1. The molecule has 0 aliphatic carbocycles. The molecule has 2 aromatic carbocycles. The van der Waals surface area contributed by atoms with Crippen molar-refractivity contribution < 1.29 is 9.21 Å². The fourth-order valence-corrected chi connectivity index (χ4v) is 3.61. The number of nitrogens with zero attached hydrogens (tertiary/aromatic N) is 2. The molecule has 26 heavy (non-hydrogen) atoms. The van der Waals surface area contributed by atoms with E-state index in [9.17, 15) is 4.79 Å². The second-order valence-corrected chi connectivity index (χ2v) is 6.79. The molecule has 4 rings (SSSR count). The predicted molar refractivity (Wildman–Crippen MR) is 102 cm³/mol. The van der Waals surface area contributed by atoms with E-state index in [1.165, 1.54) is 11.1 Å². The first-order valence-corrected chi connectivity index (χ1v) is 9.17. The van der Waals surface area contributed by atoms with Crippen molar-refractivity contribution in [2.24, 2.45) is 0 Å². The lowest BCUT2D eigenvalue weighted by molar-refractivity contribution is 0.186. The number of benzene rings is 2. The van der Waals surface area contributed by atoms with Crippen molar-refractivity contribution in [2.75, 3.05) is 13.1 Å². The second-order valence-electron chi connectivity index (χ2n) is 6.79. The van der Waals surface area contributed by atoms with Crippen LogP contribution in [0.1, 0.15) is 37.3 Å². The smallest absolute Gasteiger partial charge is 0.318 e. The van der Waals surface area contributed by atoms with Gasteiger partial charge in [0.15, 0.2) is 5.58 Å². The third-order valence-corrected chi connectivity index (χ3v) is 4.88. The van der Waals surface area contributed by atoms with Gasteiger partial charge in [-0.3, -0.25) is 0 Å². The molecule has 1 atom stereocenters. The Morgan fingerprint density at radius 3 is 2.92 bits per heavy atom. The van der Waals surface area contributed by atoms with E-state index in [1.807, 2.05) is 17.9 Å². The molecule has 1 saturated heterocycles. The van der Waals surface area contributed by atoms with E-state index in [0.29, 0.717) is 12.4 Å². The van der Waals surface area contributed by atoms with E-state index in [1.54, 1.807) is 0 Å². The van der Waals surface area contributed by atoms with Gasteiger partial charge >= 0.3 is 6.03 Å². The summed E-state index contributed by atoms with van der Waals surface area (Å²) in [6, 6.07) is 14.4. The molecule has 1 N–H and O–H groups in total. The van der Waals surface area contributed by atoms with Gasteiger partial charge in [0.25, 0.3) is 0 Å². The SMILES string of the molecule is CCNC(=O)N1CCCC1c1nc2cc(-c3cccc(C)c3)ccc2o1. The first-order chi connectivity index (χ1) is 12.7. The van der Waals surface area contributed by atoms with E-state index in [0.717, 1.165) is 36.0 Å². The lowest BCUT2D eigenvalue weighted by Gasteiger charge is -2.22. The summed E-state index contributed by atoms with van der Waals surface area (Å²) in [4.78, 5) is 18.8. The summed E-state index contributed by atoms with van der Waals surface area (Å²) in [6.07, 6.45) is 1.85. The molecule has 5 nitrogen and oxygen atoms in total. The molecule has 1 aliphatic heterocycles. The zero-order valence-electron chi connectivity index (χ0n) is 15.2. The van der Waals surface area contributed by atoms with Crippen LogP contribution in [-0.2, 0) is 0 Å². The zero-order valence-corrected chi connectivity index (χ0v) is 15.2. The first kappa shape index (κ1) is 16.6. The van der Waals surface area contributed by atoms with Crippen LogP contribution in [0.15, 0.2) is 46.9 Å². The quantitative estimate of drug-likeness (QED) is 0.747. The van der Waals surface area contributed by atoms with Gasteiger partial charge in [-0.2, -0.15) is 0 Å². The molecule has 2 amide bonds. The number of hydrogen-bond acceptors (Lipinski definition) is 3. The van der Waals surface area contributed by atoms with Gasteiger partial charge in [0.05, 0.1) is 0 Å². The lowest BCUT2D eigenvalue weighted by atomic mass is 10.0. The second kappa shape index (κ2) is 6.83. The number of rotatable bonds is 3. The normalized spacial score (nSPS) is 17.0. The Morgan fingerprint density at radius 2 is 2.12 bits per heavy atom. The molecule has 1 fully saturated rings. The van der Waals surface area contributed by atoms with Crippen LogP contribution < -0.4 is 5.32 Å². The molecule has 5 heteroatoms. The molecular formula is C21H23N3O2. The lowest BCUT2D eigenvalue weighted by Crippen LogP contribution is -2.39. The summed E-state index contributed by atoms with van der Waals surface area (Å²) in [5, 5.41) is 2.87. The molecular weight excluding hydrogens is 326 g/mol. The maximum atomic E-state index is 12.3. The van der Waals surface area contributed by atoms with E-state index in [-0.39, 0.29) is 12.1 Å². The van der Waals surface area contributed by atoms with Crippen LogP contribution in [0.25, 0.3) is 22.2 Å². The molecule has 0 radical (unpaired) electrons. The van der Waals surface area contributed by atoms with Crippen LogP contribution in [0.3, 0.4) is 0 Å². The summed E-state index contributed by atoms with van der Waals surface area (Å²) in [5.74, 6) is 0.630. The van der Waals surface area contributed by atoms with E-state index in [4.69, 9.17) is 9.40 Å². The highest BCUT2D eigenvalue weighted by Crippen LogP contribution is 2.34. The highest BCUT2D eigenvalue weighted by atomic mass is 16.4. The number of urea groups is 1. The van der Waals surface area contributed by atoms with Crippen molar-refractivity contribution in [3.63, 3.8) is 0 Å². The number of carbonyl (C=O) groups is 1. The Balaban J connectivity index is 1.66. The number of hydrogen-bond donors (Lipinski definition) is 1. The van der Waals surface area contributed by atoms with Gasteiger partial charge in [-0.05, 0) is 49.9 Å². The summed E-state index contributed by atoms with van der Waals surface area (Å²) < 4.78 is 5.99. The van der Waals surface area contributed by atoms with Gasteiger partial charge in [-0.1, -0.05) is 35.9 Å². The van der Waals surface area contributed by atoms with Crippen molar-refractivity contribution in [3.05, 3.63) is 53.9 Å². The maximum absolute atomic E-state index is 12.3. The van der Waals surface area contributed by atoms with E-state index >= 15 is 0 Å². The van der Waals surface area contributed by atoms with Gasteiger partial charge < -0.3 is 14.6 Å². The van der Waals surface area contributed by atoms with Gasteiger partial charge in [-0.15, -0.1) is 0 Å². The van der Waals surface area contributed by atoms with Crippen LogP contribution >= 0.6 is 0 Å². The van der Waals surface area contributed by atoms with Crippen LogP contribution in [-0.4, -0.2) is 29.0 Å². The third-order valence-electron chi connectivity index (χ3n) is 4.88. The number of nitrogens with one attached hydrogen (secondary N) is 1. The Kier molecular flexibility index (Phi) is 4.37. The molecule has 1 aromatic heterocycles. The van der Waals surface area contributed by atoms with Gasteiger partial charge in [0, 0.05) is 13.1 Å². The van der Waals surface area contributed by atoms with Crippen molar-refractivity contribution in [3.8, 4) is 11.1 Å². The number of oxazole rings is 1. The third kappa shape index (κ3) is 3.05. The standard InChI is InChI=1S/C21H23N3O2/c1-3-22-21(25)24-11-5-8-18(24)20-23-17-13-16(9-10-19(17)26-20)15-7-4-6-14(2)12-15/h4,6-7,9-10,12-13,18H,3,5,8,11H2,1-2H3,(H,22,25). The molecule has 1 aliphatic rings. The first-order valence-electron chi connectivity index (χ1n) is 9.17. The van der Waals surface area contributed by atoms with Crippen molar-refractivity contribution >= 4 is 17.1 Å². The average molecular weight is 349 g/mol. The minimum absolute atomic E-state index is 0.0438. The number of amides is 2. The monoisotopic (exact) mass is 349 g/mol. The number of aromatic nitrogens is 1. The Bertz CT molecular complexity index is 947. The molecule has 0 saturated carbocycles. The fraction of sp³-hybridized carbons (Fsp3) is 0.333. The molecule has 0 spiro atoms. The van der Waals surface area contributed by atoms with E-state index in [2.05, 4.69) is 48.6 Å². The highest BCUT2D eigenvalue weighted by Gasteiger charge is 2.33. The molecule has 3 aromatic rings. The molecule has 0 bridgehead atoms. The van der Waals surface area contributed by atoms with Crippen LogP contribution in [0.4, 0.5) is 4.79 Å². The number of likely N-dealkylation sites (tertiary alicyclic amines) is 1. The number of carbonyl (C=O) groups excluding carboxylic acids is 1. The summed E-state index contributed by atoms with van der Waals surface area (Å²) in [6.45, 7) is 5.38. The largest absolute Gasteiger partial charge is 0.438 e. The average Bonchev–Trinajstić information content (AvgIpc) is 3.27.